The van der Waals surface area contributed by atoms with Gasteiger partial charge in [0.1, 0.15) is 4.88 Å². The van der Waals surface area contributed by atoms with Crippen molar-refractivity contribution in [3.63, 3.8) is 0 Å². The van der Waals surface area contributed by atoms with Gasteiger partial charge in [-0.1, -0.05) is 26.0 Å². The summed E-state index contributed by atoms with van der Waals surface area (Å²) in [5, 5.41) is 10.3. The molecule has 2 heterocycles. The first-order chi connectivity index (χ1) is 14.7. The van der Waals surface area contributed by atoms with E-state index in [2.05, 4.69) is 16.6 Å². The van der Waals surface area contributed by atoms with Crippen LogP contribution in [-0.4, -0.2) is 53.6 Å². The average Bonchev–Trinajstić information content (AvgIpc) is 3.29. The van der Waals surface area contributed by atoms with Gasteiger partial charge in [0, 0.05) is 30.7 Å². The van der Waals surface area contributed by atoms with Gasteiger partial charge in [-0.15, -0.1) is 23.2 Å². The van der Waals surface area contributed by atoms with E-state index in [1.807, 2.05) is 13.8 Å². The van der Waals surface area contributed by atoms with Gasteiger partial charge in [-0.05, 0) is 30.9 Å². The molecule has 0 radical (unpaired) electrons. The number of rotatable bonds is 9. The molecule has 2 rings (SSSR count). The minimum Gasteiger partial charge on any atom is -0.465 e. The van der Waals surface area contributed by atoms with E-state index in [4.69, 9.17) is 0 Å². The van der Waals surface area contributed by atoms with E-state index < -0.39 is 36.4 Å². The van der Waals surface area contributed by atoms with Gasteiger partial charge in [0.15, 0.2) is 0 Å². The number of hydrogen-bond donors (Lipinski definition) is 1. The third-order valence-corrected chi connectivity index (χ3v) is 6.27. The maximum Gasteiger partial charge on any atom is 0.348 e. The first-order valence-corrected chi connectivity index (χ1v) is 11.2. The van der Waals surface area contributed by atoms with Gasteiger partial charge in [0.2, 0.25) is 0 Å². The summed E-state index contributed by atoms with van der Waals surface area (Å²) in [6.45, 7) is 3.95. The van der Waals surface area contributed by atoms with Crippen LogP contribution in [-0.2, 0) is 16.0 Å². The van der Waals surface area contributed by atoms with Crippen LogP contribution in [0.2, 0.25) is 0 Å². The van der Waals surface area contributed by atoms with Crippen molar-refractivity contribution in [2.24, 2.45) is 5.92 Å². The number of carbonyl (C=O) groups is 2. The van der Waals surface area contributed by atoms with Crippen LogP contribution in [0.1, 0.15) is 54.1 Å². The summed E-state index contributed by atoms with van der Waals surface area (Å²) in [5.74, 6) is 0.781. The highest BCUT2D eigenvalue weighted by molar-refractivity contribution is 7.13. The lowest BCUT2D eigenvalue weighted by Gasteiger charge is -2.22. The predicted molar refractivity (Wildman–Crippen MR) is 116 cm³/mol. The molecule has 0 aliphatic carbocycles. The van der Waals surface area contributed by atoms with Gasteiger partial charge in [0.25, 0.3) is 5.91 Å². The zero-order chi connectivity index (χ0) is 23.0. The second-order valence-corrected chi connectivity index (χ2v) is 8.77. The number of halogens is 2. The summed E-state index contributed by atoms with van der Waals surface area (Å²) in [4.78, 5) is 26.3. The fraction of sp³-hybridized carbons (Fsp3) is 0.565. The summed E-state index contributed by atoms with van der Waals surface area (Å²) in [6, 6.07) is 2.70. The van der Waals surface area contributed by atoms with E-state index in [0.717, 1.165) is 11.3 Å². The number of ether oxygens (including phenoxy) is 1. The number of thiophene rings is 1. The number of hydrogen-bond acceptors (Lipinski definition) is 5. The highest BCUT2D eigenvalue weighted by Crippen LogP contribution is 2.34. The predicted octanol–water partition coefficient (Wildman–Crippen LogP) is 4.06. The molecule has 1 amide bonds. The number of amides is 1. The molecule has 1 aliphatic rings. The number of aliphatic hydroxyl groups is 1. The molecular weight excluding hydrogens is 424 g/mol. The van der Waals surface area contributed by atoms with E-state index in [-0.39, 0.29) is 12.5 Å². The van der Waals surface area contributed by atoms with Gasteiger partial charge < -0.3 is 14.7 Å². The quantitative estimate of drug-likeness (QED) is 0.348. The second-order valence-electron chi connectivity index (χ2n) is 7.60. The first-order valence-electron chi connectivity index (χ1n) is 10.4. The molecule has 5 nitrogen and oxygen atoms in total. The van der Waals surface area contributed by atoms with Crippen LogP contribution < -0.4 is 0 Å². The Morgan fingerprint density at radius 3 is 2.87 bits per heavy atom. The molecule has 1 fully saturated rings. The lowest BCUT2D eigenvalue weighted by atomic mass is 9.99. The minimum absolute atomic E-state index is 0.135. The van der Waals surface area contributed by atoms with Gasteiger partial charge in [-0.3, -0.25) is 4.79 Å². The summed E-state index contributed by atoms with van der Waals surface area (Å²) < 4.78 is 32.8. The molecule has 1 aliphatic heterocycles. The van der Waals surface area contributed by atoms with E-state index in [1.54, 1.807) is 12.1 Å². The number of methoxy groups -OCH3 is 1. The maximum atomic E-state index is 14.1. The Morgan fingerprint density at radius 1 is 1.45 bits per heavy atom. The summed E-state index contributed by atoms with van der Waals surface area (Å²) in [6.07, 6.45) is 3.88. The highest BCUT2D eigenvalue weighted by Gasteiger charge is 2.52. The van der Waals surface area contributed by atoms with Gasteiger partial charge in [-0.25, -0.2) is 4.79 Å². The summed E-state index contributed by atoms with van der Waals surface area (Å²) >= 11 is 1.29. The van der Waals surface area contributed by atoms with Crippen molar-refractivity contribution in [1.82, 2.24) is 4.90 Å². The van der Waals surface area contributed by atoms with E-state index >= 15 is 0 Å². The van der Waals surface area contributed by atoms with Crippen molar-refractivity contribution >= 4 is 23.2 Å². The Kier molecular flexibility index (Phi) is 9.20. The van der Waals surface area contributed by atoms with Crippen molar-refractivity contribution in [3.05, 3.63) is 34.0 Å². The lowest BCUT2D eigenvalue weighted by Crippen LogP contribution is -2.36. The molecule has 0 bridgehead atoms. The SMILES string of the molecule is CCC#CC[C@@H](C)[C@H](O)/C=C/C1CC(F)(F)C(=O)N1CCCc1ccc(C(=O)OC)s1. The van der Waals surface area contributed by atoms with Crippen LogP contribution in [0.15, 0.2) is 24.3 Å². The fourth-order valence-electron chi connectivity index (χ4n) is 3.32. The average molecular weight is 454 g/mol. The normalized spacial score (nSPS) is 19.9. The zero-order valence-electron chi connectivity index (χ0n) is 18.1. The number of aryl methyl sites for hydroxylation is 1. The Morgan fingerprint density at radius 2 is 2.19 bits per heavy atom. The van der Waals surface area contributed by atoms with Crippen molar-refractivity contribution in [3.8, 4) is 11.8 Å². The minimum atomic E-state index is -3.40. The Balaban J connectivity index is 1.96. The molecule has 3 atom stereocenters. The number of likely N-dealkylation sites (tertiary alicyclic amines) is 1. The summed E-state index contributed by atoms with van der Waals surface area (Å²) in [7, 11) is 1.31. The van der Waals surface area contributed by atoms with Crippen LogP contribution >= 0.6 is 11.3 Å². The van der Waals surface area contributed by atoms with Gasteiger partial charge in [0.05, 0.1) is 19.3 Å². The standard InChI is InChI=1S/C23H29F2NO4S/c1-4-5-6-8-16(2)19(27)12-10-17-15-23(24,25)22(29)26(17)14-7-9-18-11-13-20(31-18)21(28)30-3/h10-13,16-17,19,27H,4,7-9,14-15H2,1-3H3/b12-10+/t16-,17?,19-/m1/s1. The fourth-order valence-corrected chi connectivity index (χ4v) is 4.28. The van der Waals surface area contributed by atoms with E-state index in [1.165, 1.54) is 35.5 Å². The van der Waals surface area contributed by atoms with Crippen molar-refractivity contribution in [1.29, 1.82) is 0 Å². The number of nitrogens with zero attached hydrogens (tertiary/aromatic N) is 1. The number of alkyl halides is 2. The second kappa shape index (κ2) is 11.4. The first kappa shape index (κ1) is 25.0. The molecule has 8 heteroatoms. The van der Waals surface area contributed by atoms with Crippen LogP contribution in [0.5, 0.6) is 0 Å². The lowest BCUT2D eigenvalue weighted by molar-refractivity contribution is -0.148. The third-order valence-electron chi connectivity index (χ3n) is 5.15. The Labute approximate surface area is 186 Å². The van der Waals surface area contributed by atoms with Crippen molar-refractivity contribution in [2.45, 2.75) is 64.0 Å². The molecule has 1 aromatic rings. The molecule has 0 aromatic carbocycles. The molecular formula is C23H29F2NO4S. The van der Waals surface area contributed by atoms with Crippen LogP contribution in [0.25, 0.3) is 0 Å². The topological polar surface area (TPSA) is 66.8 Å². The molecule has 170 valence electrons. The third kappa shape index (κ3) is 6.88. The number of esters is 1. The zero-order valence-corrected chi connectivity index (χ0v) is 18.9. The molecule has 0 saturated carbocycles. The number of carbonyl (C=O) groups excluding carboxylic acids is 2. The monoisotopic (exact) mass is 453 g/mol. The maximum absolute atomic E-state index is 14.1. The molecule has 0 spiro atoms. The smallest absolute Gasteiger partial charge is 0.348 e. The van der Waals surface area contributed by atoms with Crippen LogP contribution in [0.4, 0.5) is 8.78 Å². The van der Waals surface area contributed by atoms with Crippen LogP contribution in [0.3, 0.4) is 0 Å². The largest absolute Gasteiger partial charge is 0.465 e. The Hall–Kier alpha value is -2.24. The molecule has 1 saturated heterocycles. The highest BCUT2D eigenvalue weighted by atomic mass is 32.1. The van der Waals surface area contributed by atoms with Crippen molar-refractivity contribution < 1.29 is 28.2 Å². The molecule has 31 heavy (non-hydrogen) atoms. The van der Waals surface area contributed by atoms with Gasteiger partial charge >= 0.3 is 11.9 Å². The summed E-state index contributed by atoms with van der Waals surface area (Å²) in [5.41, 5.74) is 0. The van der Waals surface area contributed by atoms with E-state index in [9.17, 15) is 23.5 Å². The molecule has 1 unspecified atom stereocenters. The molecule has 1 aromatic heterocycles. The van der Waals surface area contributed by atoms with E-state index in [0.29, 0.717) is 24.1 Å². The number of aliphatic hydroxyl groups excluding tert-OH is 1. The molecule has 1 N–H and O–H groups in total. The van der Waals surface area contributed by atoms with Crippen LogP contribution in [0, 0.1) is 17.8 Å². The van der Waals surface area contributed by atoms with Gasteiger partial charge in [-0.2, -0.15) is 8.78 Å². The van der Waals surface area contributed by atoms with Crippen molar-refractivity contribution in [2.75, 3.05) is 13.7 Å². The Bertz CT molecular complexity index is 855.